The average molecular weight is 255 g/mol. The van der Waals surface area contributed by atoms with E-state index in [1.54, 1.807) is 26.0 Å². The Morgan fingerprint density at radius 2 is 2.17 bits per heavy atom. The van der Waals surface area contributed by atoms with Crippen LogP contribution < -0.4 is 10.1 Å². The molecular weight excluding hydrogens is 233 g/mol. The summed E-state index contributed by atoms with van der Waals surface area (Å²) in [5, 5.41) is 13.2. The van der Waals surface area contributed by atoms with Gasteiger partial charge in [0.25, 0.3) is 0 Å². The van der Waals surface area contributed by atoms with Crippen molar-refractivity contribution in [3.8, 4) is 5.75 Å². The zero-order chi connectivity index (χ0) is 13.6. The highest BCUT2D eigenvalue weighted by Gasteiger charge is 2.20. The molecule has 0 aliphatic heterocycles. The normalized spacial score (nSPS) is 14.3. The molecule has 0 aliphatic carbocycles. The Balaban J connectivity index is 2.45. The molecule has 4 heteroatoms. The van der Waals surface area contributed by atoms with E-state index in [2.05, 4.69) is 12.2 Å². The van der Waals surface area contributed by atoms with Crippen LogP contribution in [0.1, 0.15) is 25.8 Å². The Bertz CT molecular complexity index is 380. The van der Waals surface area contributed by atoms with Gasteiger partial charge < -0.3 is 15.2 Å². The number of ether oxygens (including phenoxy) is 1. The van der Waals surface area contributed by atoms with Crippen LogP contribution in [0.4, 0.5) is 4.39 Å². The predicted octanol–water partition coefficient (Wildman–Crippen LogP) is 2.26. The number of nitrogens with one attached hydrogen (secondary N) is 1. The Hall–Kier alpha value is -1.13. The zero-order valence-electron chi connectivity index (χ0n) is 11.3. The fraction of sp³-hybridized carbons (Fsp3) is 0.571. The molecule has 2 N–H and O–H groups in total. The standard InChI is InChI=1S/C14H22FNO2/c1-4-7-16-9-14(3,17)10-18-12-5-6-13(15)11(2)8-12/h5-6,8,16-17H,4,7,9-10H2,1-3H3. The molecule has 1 unspecified atom stereocenters. The molecule has 0 aromatic heterocycles. The van der Waals surface area contributed by atoms with Gasteiger partial charge in [-0.1, -0.05) is 6.92 Å². The molecule has 18 heavy (non-hydrogen) atoms. The maximum atomic E-state index is 13.1. The molecule has 0 spiro atoms. The lowest BCUT2D eigenvalue weighted by Gasteiger charge is -2.24. The quantitative estimate of drug-likeness (QED) is 0.734. The molecule has 0 amide bonds. The van der Waals surface area contributed by atoms with Crippen LogP contribution in [0.3, 0.4) is 0 Å². The van der Waals surface area contributed by atoms with Crippen molar-refractivity contribution >= 4 is 0 Å². The van der Waals surface area contributed by atoms with E-state index in [4.69, 9.17) is 4.74 Å². The number of aryl methyl sites for hydroxylation is 1. The second-order valence-electron chi connectivity index (χ2n) is 4.87. The molecule has 1 aromatic rings. The lowest BCUT2D eigenvalue weighted by Crippen LogP contribution is -2.43. The number of hydrogen-bond donors (Lipinski definition) is 2. The van der Waals surface area contributed by atoms with Crippen LogP contribution >= 0.6 is 0 Å². The summed E-state index contributed by atoms with van der Waals surface area (Å²) in [6, 6.07) is 4.57. The van der Waals surface area contributed by atoms with Gasteiger partial charge in [-0.15, -0.1) is 0 Å². The third kappa shape index (κ3) is 5.02. The third-order valence-electron chi connectivity index (χ3n) is 2.61. The van der Waals surface area contributed by atoms with Crippen molar-refractivity contribution in [1.29, 1.82) is 0 Å². The first-order valence-electron chi connectivity index (χ1n) is 6.26. The fourth-order valence-electron chi connectivity index (χ4n) is 1.53. The maximum absolute atomic E-state index is 13.1. The Morgan fingerprint density at radius 3 is 2.78 bits per heavy atom. The Morgan fingerprint density at radius 1 is 1.44 bits per heavy atom. The minimum Gasteiger partial charge on any atom is -0.491 e. The summed E-state index contributed by atoms with van der Waals surface area (Å²) in [5.41, 5.74) is -0.395. The van der Waals surface area contributed by atoms with E-state index in [0.717, 1.165) is 13.0 Å². The molecule has 0 saturated carbocycles. The minimum atomic E-state index is -0.933. The Kier molecular flexibility index (Phi) is 5.56. The molecule has 0 saturated heterocycles. The van der Waals surface area contributed by atoms with Gasteiger partial charge in [0.1, 0.15) is 23.8 Å². The molecule has 3 nitrogen and oxygen atoms in total. The topological polar surface area (TPSA) is 41.5 Å². The van der Waals surface area contributed by atoms with Crippen LogP contribution in [0.2, 0.25) is 0 Å². The van der Waals surface area contributed by atoms with E-state index < -0.39 is 5.60 Å². The van der Waals surface area contributed by atoms with Gasteiger partial charge in [-0.05, 0) is 50.6 Å². The van der Waals surface area contributed by atoms with Crippen molar-refractivity contribution in [3.05, 3.63) is 29.6 Å². The number of aliphatic hydroxyl groups is 1. The minimum absolute atomic E-state index is 0.175. The van der Waals surface area contributed by atoms with E-state index in [1.807, 2.05) is 0 Å². The van der Waals surface area contributed by atoms with Crippen LogP contribution in [0.25, 0.3) is 0 Å². The molecule has 1 atom stereocenters. The summed E-state index contributed by atoms with van der Waals surface area (Å²) in [6.45, 7) is 6.98. The maximum Gasteiger partial charge on any atom is 0.126 e. The molecule has 102 valence electrons. The number of rotatable bonds is 7. The van der Waals surface area contributed by atoms with E-state index >= 15 is 0 Å². The van der Waals surface area contributed by atoms with Crippen molar-refractivity contribution in [2.45, 2.75) is 32.8 Å². The zero-order valence-corrected chi connectivity index (χ0v) is 11.3. The summed E-state index contributed by atoms with van der Waals surface area (Å²) in [6.07, 6.45) is 1.02. The Labute approximate surface area is 108 Å². The highest BCUT2D eigenvalue weighted by molar-refractivity contribution is 5.28. The molecule has 1 aromatic carbocycles. The molecule has 0 radical (unpaired) electrons. The van der Waals surface area contributed by atoms with Crippen LogP contribution in [-0.4, -0.2) is 30.4 Å². The predicted molar refractivity (Wildman–Crippen MR) is 70.4 cm³/mol. The summed E-state index contributed by atoms with van der Waals surface area (Å²) in [4.78, 5) is 0. The number of halogens is 1. The van der Waals surface area contributed by atoms with Crippen LogP contribution in [-0.2, 0) is 0 Å². The van der Waals surface area contributed by atoms with Crippen molar-refractivity contribution in [3.63, 3.8) is 0 Å². The SMILES string of the molecule is CCCNCC(C)(O)COc1ccc(F)c(C)c1. The average Bonchev–Trinajstić information content (AvgIpc) is 2.31. The molecule has 0 bridgehead atoms. The van der Waals surface area contributed by atoms with Gasteiger partial charge in [0.15, 0.2) is 0 Å². The first-order chi connectivity index (χ1) is 8.44. The van der Waals surface area contributed by atoms with Gasteiger partial charge in [0, 0.05) is 6.54 Å². The highest BCUT2D eigenvalue weighted by Crippen LogP contribution is 2.17. The number of benzene rings is 1. The van der Waals surface area contributed by atoms with Crippen LogP contribution in [0, 0.1) is 12.7 Å². The smallest absolute Gasteiger partial charge is 0.126 e. The van der Waals surface area contributed by atoms with Gasteiger partial charge in [-0.25, -0.2) is 4.39 Å². The van der Waals surface area contributed by atoms with Crippen molar-refractivity contribution in [2.75, 3.05) is 19.7 Å². The summed E-state index contributed by atoms with van der Waals surface area (Å²) in [5.74, 6) is 0.323. The van der Waals surface area contributed by atoms with E-state index in [9.17, 15) is 9.50 Å². The van der Waals surface area contributed by atoms with Gasteiger partial charge in [-0.2, -0.15) is 0 Å². The summed E-state index contributed by atoms with van der Waals surface area (Å²) < 4.78 is 18.5. The van der Waals surface area contributed by atoms with Gasteiger partial charge >= 0.3 is 0 Å². The van der Waals surface area contributed by atoms with Crippen molar-refractivity contribution in [1.82, 2.24) is 5.32 Å². The van der Waals surface area contributed by atoms with E-state index in [-0.39, 0.29) is 12.4 Å². The lowest BCUT2D eigenvalue weighted by atomic mass is 10.1. The molecule has 0 fully saturated rings. The molecule has 1 rings (SSSR count). The second kappa shape index (κ2) is 6.71. The summed E-state index contributed by atoms with van der Waals surface area (Å²) >= 11 is 0. The fourth-order valence-corrected chi connectivity index (χ4v) is 1.53. The highest BCUT2D eigenvalue weighted by atomic mass is 19.1. The van der Waals surface area contributed by atoms with E-state index in [1.165, 1.54) is 6.07 Å². The van der Waals surface area contributed by atoms with Gasteiger partial charge in [-0.3, -0.25) is 0 Å². The van der Waals surface area contributed by atoms with Crippen LogP contribution in [0.5, 0.6) is 5.75 Å². The van der Waals surface area contributed by atoms with Gasteiger partial charge in [0.2, 0.25) is 0 Å². The monoisotopic (exact) mass is 255 g/mol. The van der Waals surface area contributed by atoms with Crippen molar-refractivity contribution < 1.29 is 14.2 Å². The lowest BCUT2D eigenvalue weighted by molar-refractivity contribution is 0.0124. The van der Waals surface area contributed by atoms with Crippen molar-refractivity contribution in [2.24, 2.45) is 0 Å². The largest absolute Gasteiger partial charge is 0.491 e. The summed E-state index contributed by atoms with van der Waals surface area (Å²) in [7, 11) is 0. The second-order valence-corrected chi connectivity index (χ2v) is 4.87. The third-order valence-corrected chi connectivity index (χ3v) is 2.61. The molecular formula is C14H22FNO2. The van der Waals surface area contributed by atoms with Crippen LogP contribution in [0.15, 0.2) is 18.2 Å². The molecule has 0 aliphatic rings. The van der Waals surface area contributed by atoms with E-state index in [0.29, 0.717) is 17.9 Å². The first kappa shape index (κ1) is 14.9. The molecule has 0 heterocycles. The first-order valence-corrected chi connectivity index (χ1v) is 6.26. The number of hydrogen-bond acceptors (Lipinski definition) is 3. The van der Waals surface area contributed by atoms with Gasteiger partial charge in [0.05, 0.1) is 0 Å².